The van der Waals surface area contributed by atoms with Gasteiger partial charge in [-0.05, 0) is 18.6 Å². The van der Waals surface area contributed by atoms with Crippen LogP contribution in [0.25, 0.3) is 0 Å². The summed E-state index contributed by atoms with van der Waals surface area (Å²) in [6.07, 6.45) is 4.25. The number of unbranched alkanes of at least 4 members (excludes halogenated alkanes) is 1. The maximum atomic E-state index is 8.40. The van der Waals surface area contributed by atoms with Gasteiger partial charge in [-0.1, -0.05) is 25.4 Å². The molecular weight excluding hydrogens is 184 g/mol. The average Bonchev–Trinajstić information content (AvgIpc) is 2.16. The summed E-state index contributed by atoms with van der Waals surface area (Å²) in [5.74, 6) is 1.52. The van der Waals surface area contributed by atoms with Gasteiger partial charge in [-0.25, -0.2) is 0 Å². The van der Waals surface area contributed by atoms with Gasteiger partial charge in [0.05, 0.1) is 0 Å². The van der Waals surface area contributed by atoms with E-state index in [1.165, 1.54) is 18.6 Å². The maximum absolute atomic E-state index is 8.40. The zero-order valence-electron chi connectivity index (χ0n) is 8.49. The normalized spacial score (nSPS) is 14.5. The number of hydrogen-bond acceptors (Lipinski definition) is 3. The van der Waals surface area contributed by atoms with Crippen molar-refractivity contribution in [3.8, 4) is 0 Å². The Bertz CT molecular complexity index is 151. The number of oxime groups is 1. The quantitative estimate of drug-likeness (QED) is 0.220. The highest BCUT2D eigenvalue weighted by Crippen LogP contribution is 2.19. The zero-order chi connectivity index (χ0) is 10.1. The van der Waals surface area contributed by atoms with Crippen LogP contribution in [-0.4, -0.2) is 22.0 Å². The van der Waals surface area contributed by atoms with Gasteiger partial charge >= 0.3 is 0 Å². The number of nitrogens with zero attached hydrogens (tertiary/aromatic N) is 1. The summed E-state index contributed by atoms with van der Waals surface area (Å²) >= 11 is 1.92. The molecule has 4 heteroatoms. The lowest BCUT2D eigenvalue weighted by Crippen LogP contribution is -2.18. The molecule has 13 heavy (non-hydrogen) atoms. The fourth-order valence-corrected chi connectivity index (χ4v) is 2.30. The van der Waals surface area contributed by atoms with E-state index in [-0.39, 0.29) is 0 Å². The molecule has 0 heterocycles. The van der Waals surface area contributed by atoms with Gasteiger partial charge in [0.25, 0.3) is 0 Å². The van der Waals surface area contributed by atoms with Crippen molar-refractivity contribution < 1.29 is 5.21 Å². The first-order valence-corrected chi connectivity index (χ1v) is 5.87. The van der Waals surface area contributed by atoms with E-state index in [2.05, 4.69) is 19.0 Å². The highest BCUT2D eigenvalue weighted by Gasteiger charge is 2.08. The van der Waals surface area contributed by atoms with E-state index in [9.17, 15) is 0 Å². The van der Waals surface area contributed by atoms with Crippen molar-refractivity contribution in [2.24, 2.45) is 10.9 Å². The first-order valence-electron chi connectivity index (χ1n) is 4.82. The highest BCUT2D eigenvalue weighted by atomic mass is 32.2. The predicted molar refractivity (Wildman–Crippen MR) is 59.5 cm³/mol. The summed E-state index contributed by atoms with van der Waals surface area (Å²) in [5, 5.41) is 11.9. The molecule has 0 amide bonds. The number of hydrogen-bond donors (Lipinski definition) is 2. The second-order valence-corrected chi connectivity index (χ2v) is 4.46. The van der Waals surface area contributed by atoms with E-state index in [1.54, 1.807) is 0 Å². The van der Waals surface area contributed by atoms with Crippen molar-refractivity contribution in [3.05, 3.63) is 0 Å². The molecule has 1 unspecified atom stereocenters. The smallest absolute Gasteiger partial charge is 0.140 e. The van der Waals surface area contributed by atoms with Gasteiger partial charge in [0.2, 0.25) is 0 Å². The standard InChI is InChI=1S/C9H20N2OS/c1-3-5-6-13-8(4-2)7-9(10)11-12/h8,12H,3-7H2,1-2H3,(H2,10,11). The largest absolute Gasteiger partial charge is 0.409 e. The van der Waals surface area contributed by atoms with Gasteiger partial charge in [0, 0.05) is 11.7 Å². The van der Waals surface area contributed by atoms with Crippen LogP contribution in [0.2, 0.25) is 0 Å². The number of nitrogens with two attached hydrogens (primary N) is 1. The monoisotopic (exact) mass is 204 g/mol. The Morgan fingerprint density at radius 1 is 1.54 bits per heavy atom. The molecule has 0 saturated heterocycles. The Hall–Kier alpha value is -0.380. The molecule has 0 radical (unpaired) electrons. The Morgan fingerprint density at radius 3 is 2.69 bits per heavy atom. The van der Waals surface area contributed by atoms with Crippen molar-refractivity contribution in [2.45, 2.75) is 44.8 Å². The summed E-state index contributed by atoms with van der Waals surface area (Å²) in [6, 6.07) is 0. The van der Waals surface area contributed by atoms with Crippen molar-refractivity contribution in [1.82, 2.24) is 0 Å². The summed E-state index contributed by atoms with van der Waals surface area (Å²) in [7, 11) is 0. The Labute approximate surface area is 84.8 Å². The number of amidine groups is 1. The van der Waals surface area contributed by atoms with Crippen molar-refractivity contribution in [1.29, 1.82) is 0 Å². The summed E-state index contributed by atoms with van der Waals surface area (Å²) in [6.45, 7) is 4.32. The fraction of sp³-hybridized carbons (Fsp3) is 0.889. The molecule has 0 fully saturated rings. The third-order valence-electron chi connectivity index (χ3n) is 1.87. The molecule has 3 N–H and O–H groups in total. The molecule has 78 valence electrons. The third kappa shape index (κ3) is 6.75. The predicted octanol–water partition coefficient (Wildman–Crippen LogP) is 2.43. The van der Waals surface area contributed by atoms with Crippen LogP contribution in [0.4, 0.5) is 0 Å². The summed E-state index contributed by atoms with van der Waals surface area (Å²) < 4.78 is 0. The zero-order valence-corrected chi connectivity index (χ0v) is 9.31. The molecule has 3 nitrogen and oxygen atoms in total. The van der Waals surface area contributed by atoms with E-state index in [4.69, 9.17) is 10.9 Å². The van der Waals surface area contributed by atoms with E-state index in [1.807, 2.05) is 11.8 Å². The van der Waals surface area contributed by atoms with E-state index >= 15 is 0 Å². The summed E-state index contributed by atoms with van der Waals surface area (Å²) in [5.41, 5.74) is 5.44. The van der Waals surface area contributed by atoms with E-state index in [0.29, 0.717) is 17.5 Å². The maximum Gasteiger partial charge on any atom is 0.140 e. The Morgan fingerprint density at radius 2 is 2.23 bits per heavy atom. The topological polar surface area (TPSA) is 58.6 Å². The van der Waals surface area contributed by atoms with Crippen molar-refractivity contribution in [3.63, 3.8) is 0 Å². The second kappa shape index (κ2) is 8.23. The molecule has 0 aromatic heterocycles. The van der Waals surface area contributed by atoms with Crippen LogP contribution in [0.3, 0.4) is 0 Å². The Balaban J connectivity index is 3.63. The summed E-state index contributed by atoms with van der Waals surface area (Å²) in [4.78, 5) is 0. The molecule has 0 saturated carbocycles. The molecule has 0 aromatic carbocycles. The lowest BCUT2D eigenvalue weighted by molar-refractivity contribution is 0.316. The second-order valence-electron chi connectivity index (χ2n) is 3.05. The Kier molecular flexibility index (Phi) is 7.99. The third-order valence-corrected chi connectivity index (χ3v) is 3.37. The van der Waals surface area contributed by atoms with Crippen LogP contribution in [0, 0.1) is 0 Å². The number of thioether (sulfide) groups is 1. The van der Waals surface area contributed by atoms with Gasteiger partial charge in [-0.3, -0.25) is 0 Å². The minimum absolute atomic E-state index is 0.343. The lowest BCUT2D eigenvalue weighted by atomic mass is 10.2. The molecule has 1 atom stereocenters. The molecule has 0 aliphatic rings. The molecule has 0 aliphatic heterocycles. The first kappa shape index (κ1) is 12.6. The van der Waals surface area contributed by atoms with Gasteiger partial charge in [0.15, 0.2) is 0 Å². The molecule has 0 aromatic rings. The van der Waals surface area contributed by atoms with Crippen LogP contribution in [0.15, 0.2) is 5.16 Å². The van der Waals surface area contributed by atoms with Crippen molar-refractivity contribution in [2.75, 3.05) is 5.75 Å². The highest BCUT2D eigenvalue weighted by molar-refractivity contribution is 7.99. The van der Waals surface area contributed by atoms with Crippen molar-refractivity contribution >= 4 is 17.6 Å². The first-order chi connectivity index (χ1) is 6.24. The number of rotatable bonds is 7. The van der Waals surface area contributed by atoms with Crippen LogP contribution in [-0.2, 0) is 0 Å². The van der Waals surface area contributed by atoms with Gasteiger partial charge in [-0.2, -0.15) is 11.8 Å². The molecule has 0 spiro atoms. The van der Waals surface area contributed by atoms with Crippen LogP contribution >= 0.6 is 11.8 Å². The lowest BCUT2D eigenvalue weighted by Gasteiger charge is -2.12. The minimum Gasteiger partial charge on any atom is -0.409 e. The average molecular weight is 204 g/mol. The van der Waals surface area contributed by atoms with Gasteiger partial charge < -0.3 is 10.9 Å². The molecule has 0 aliphatic carbocycles. The van der Waals surface area contributed by atoms with E-state index in [0.717, 1.165) is 6.42 Å². The van der Waals surface area contributed by atoms with Gasteiger partial charge in [-0.15, -0.1) is 0 Å². The van der Waals surface area contributed by atoms with Crippen LogP contribution in [0.1, 0.15) is 39.5 Å². The van der Waals surface area contributed by atoms with Crippen LogP contribution in [0.5, 0.6) is 0 Å². The fourth-order valence-electron chi connectivity index (χ4n) is 0.990. The molecule has 0 bridgehead atoms. The van der Waals surface area contributed by atoms with Crippen LogP contribution < -0.4 is 5.73 Å². The SMILES string of the molecule is CCCCSC(CC)C/C(N)=N/O. The minimum atomic E-state index is 0.343. The molecular formula is C9H20N2OS. The van der Waals surface area contributed by atoms with E-state index < -0.39 is 0 Å². The van der Waals surface area contributed by atoms with Gasteiger partial charge in [0.1, 0.15) is 5.84 Å². The molecule has 0 rings (SSSR count).